The first-order valence-corrected chi connectivity index (χ1v) is 6.61. The van der Waals surface area contributed by atoms with Crippen molar-refractivity contribution in [1.29, 1.82) is 0 Å². The fraction of sp³-hybridized carbons (Fsp3) is 0.333. The third-order valence-corrected chi connectivity index (χ3v) is 3.08. The quantitative estimate of drug-likeness (QED) is 0.819. The number of benzene rings is 1. The number of carbonyl (C=O) groups excluding carboxylic acids is 1. The molecule has 2 aromatic rings. The molecule has 0 radical (unpaired) electrons. The molecule has 0 unspecified atom stereocenters. The summed E-state index contributed by atoms with van der Waals surface area (Å²) in [5, 5.41) is 7.01. The van der Waals surface area contributed by atoms with E-state index in [2.05, 4.69) is 10.4 Å². The van der Waals surface area contributed by atoms with Gasteiger partial charge in [0.05, 0.1) is 7.11 Å². The van der Waals surface area contributed by atoms with Crippen molar-refractivity contribution in [1.82, 2.24) is 15.1 Å². The van der Waals surface area contributed by atoms with Gasteiger partial charge in [0.25, 0.3) is 5.91 Å². The molecule has 5 nitrogen and oxygen atoms in total. The van der Waals surface area contributed by atoms with Crippen LogP contribution in [0.3, 0.4) is 0 Å². The Bertz CT molecular complexity index is 565. The Kier molecular flexibility index (Phi) is 4.76. The summed E-state index contributed by atoms with van der Waals surface area (Å²) in [5.41, 5.74) is 1.63. The smallest absolute Gasteiger partial charge is 0.251 e. The third-order valence-electron chi connectivity index (χ3n) is 3.08. The number of methoxy groups -OCH3 is 1. The predicted octanol–water partition coefficient (Wildman–Crippen LogP) is 2.02. The van der Waals surface area contributed by atoms with Crippen LogP contribution in [0.25, 0.3) is 0 Å². The van der Waals surface area contributed by atoms with Crippen molar-refractivity contribution in [2.45, 2.75) is 19.9 Å². The molecule has 0 spiro atoms. The van der Waals surface area contributed by atoms with Crippen LogP contribution < -0.4 is 10.1 Å². The lowest BCUT2D eigenvalue weighted by Crippen LogP contribution is -2.25. The molecule has 0 aliphatic carbocycles. The maximum Gasteiger partial charge on any atom is 0.251 e. The van der Waals surface area contributed by atoms with Gasteiger partial charge in [0.15, 0.2) is 0 Å². The van der Waals surface area contributed by atoms with Gasteiger partial charge in [0, 0.05) is 31.0 Å². The first-order valence-electron chi connectivity index (χ1n) is 6.61. The molecule has 1 N–H and O–H groups in total. The van der Waals surface area contributed by atoms with Gasteiger partial charge in [-0.25, -0.2) is 0 Å². The van der Waals surface area contributed by atoms with Crippen molar-refractivity contribution >= 4 is 5.91 Å². The Morgan fingerprint density at radius 1 is 1.45 bits per heavy atom. The highest BCUT2D eigenvalue weighted by Crippen LogP contribution is 2.18. The molecule has 1 amide bonds. The van der Waals surface area contributed by atoms with Crippen molar-refractivity contribution < 1.29 is 9.53 Å². The average molecular weight is 273 g/mol. The largest absolute Gasteiger partial charge is 0.496 e. The lowest BCUT2D eigenvalue weighted by molar-refractivity contribution is 0.0952. The van der Waals surface area contributed by atoms with Gasteiger partial charge in [-0.3, -0.25) is 9.48 Å². The van der Waals surface area contributed by atoms with E-state index in [1.807, 2.05) is 29.9 Å². The summed E-state index contributed by atoms with van der Waals surface area (Å²) >= 11 is 0. The zero-order valence-electron chi connectivity index (χ0n) is 11.8. The molecule has 0 bridgehead atoms. The molecular weight excluding hydrogens is 254 g/mol. The number of aromatic nitrogens is 2. The molecule has 0 saturated heterocycles. The van der Waals surface area contributed by atoms with Crippen LogP contribution in [-0.2, 0) is 6.54 Å². The second-order valence-corrected chi connectivity index (χ2v) is 4.56. The molecule has 1 aromatic carbocycles. The molecule has 0 saturated carbocycles. The zero-order valence-corrected chi connectivity index (χ0v) is 11.8. The SMILES string of the molecule is COc1cc(C(=O)NCCCn2cccn2)ccc1C. The number of nitrogens with one attached hydrogen (secondary N) is 1. The summed E-state index contributed by atoms with van der Waals surface area (Å²) in [5.74, 6) is 0.651. The summed E-state index contributed by atoms with van der Waals surface area (Å²) in [6.45, 7) is 3.37. The van der Waals surface area contributed by atoms with E-state index in [1.54, 1.807) is 25.4 Å². The monoisotopic (exact) mass is 273 g/mol. The van der Waals surface area contributed by atoms with Crippen molar-refractivity contribution in [3.8, 4) is 5.75 Å². The third kappa shape index (κ3) is 3.60. The minimum absolute atomic E-state index is 0.0798. The van der Waals surface area contributed by atoms with E-state index in [0.717, 1.165) is 24.3 Å². The van der Waals surface area contributed by atoms with E-state index >= 15 is 0 Å². The number of amides is 1. The van der Waals surface area contributed by atoms with E-state index in [9.17, 15) is 4.79 Å². The Labute approximate surface area is 118 Å². The first-order chi connectivity index (χ1) is 9.70. The molecule has 1 aromatic heterocycles. The number of hydrogen-bond donors (Lipinski definition) is 1. The molecule has 0 aliphatic heterocycles. The van der Waals surface area contributed by atoms with Gasteiger partial charge in [-0.05, 0) is 37.1 Å². The van der Waals surface area contributed by atoms with Crippen molar-refractivity contribution in [2.75, 3.05) is 13.7 Å². The van der Waals surface area contributed by atoms with E-state index < -0.39 is 0 Å². The normalized spacial score (nSPS) is 10.3. The zero-order chi connectivity index (χ0) is 14.4. The number of ether oxygens (including phenoxy) is 1. The summed E-state index contributed by atoms with van der Waals surface area (Å²) in [4.78, 5) is 12.0. The van der Waals surface area contributed by atoms with Crippen LogP contribution in [0, 0.1) is 6.92 Å². The van der Waals surface area contributed by atoms with Crippen LogP contribution in [0.4, 0.5) is 0 Å². The maximum absolute atomic E-state index is 12.0. The molecule has 2 rings (SSSR count). The van der Waals surface area contributed by atoms with Gasteiger partial charge in [-0.1, -0.05) is 6.07 Å². The number of rotatable bonds is 6. The van der Waals surface area contributed by atoms with Crippen LogP contribution >= 0.6 is 0 Å². The Morgan fingerprint density at radius 2 is 2.30 bits per heavy atom. The summed E-state index contributed by atoms with van der Waals surface area (Å²) in [7, 11) is 1.61. The Hall–Kier alpha value is -2.30. The van der Waals surface area contributed by atoms with E-state index in [1.165, 1.54) is 0 Å². The number of carbonyl (C=O) groups is 1. The van der Waals surface area contributed by atoms with Gasteiger partial charge in [0.2, 0.25) is 0 Å². The van der Waals surface area contributed by atoms with E-state index in [0.29, 0.717) is 12.1 Å². The molecule has 106 valence electrons. The molecule has 20 heavy (non-hydrogen) atoms. The van der Waals surface area contributed by atoms with E-state index in [4.69, 9.17) is 4.74 Å². The van der Waals surface area contributed by atoms with Gasteiger partial charge in [0.1, 0.15) is 5.75 Å². The second kappa shape index (κ2) is 6.75. The molecule has 5 heteroatoms. The molecule has 0 aliphatic rings. The highest BCUT2D eigenvalue weighted by Gasteiger charge is 2.07. The van der Waals surface area contributed by atoms with Gasteiger partial charge >= 0.3 is 0 Å². The Balaban J connectivity index is 1.82. The summed E-state index contributed by atoms with van der Waals surface area (Å²) < 4.78 is 7.07. The average Bonchev–Trinajstić information content (AvgIpc) is 2.97. The number of nitrogens with zero attached hydrogens (tertiary/aromatic N) is 2. The van der Waals surface area contributed by atoms with Gasteiger partial charge in [-0.15, -0.1) is 0 Å². The minimum atomic E-state index is -0.0798. The van der Waals surface area contributed by atoms with E-state index in [-0.39, 0.29) is 5.91 Å². The molecule has 0 atom stereocenters. The van der Waals surface area contributed by atoms with Gasteiger partial charge < -0.3 is 10.1 Å². The van der Waals surface area contributed by atoms with Crippen molar-refractivity contribution in [3.63, 3.8) is 0 Å². The van der Waals surface area contributed by atoms with Crippen molar-refractivity contribution in [2.24, 2.45) is 0 Å². The topological polar surface area (TPSA) is 56.1 Å². The standard InChI is InChI=1S/C15H19N3O2/c1-12-5-6-13(11-14(12)20-2)15(19)16-7-3-9-18-10-4-8-17-18/h4-6,8,10-11H,3,7,9H2,1-2H3,(H,16,19). The van der Waals surface area contributed by atoms with Crippen molar-refractivity contribution in [3.05, 3.63) is 47.8 Å². The maximum atomic E-state index is 12.0. The lowest BCUT2D eigenvalue weighted by Gasteiger charge is -2.08. The number of hydrogen-bond acceptors (Lipinski definition) is 3. The molecular formula is C15H19N3O2. The molecule has 0 fully saturated rings. The first kappa shape index (κ1) is 14.1. The summed E-state index contributed by atoms with van der Waals surface area (Å²) in [6, 6.07) is 7.34. The fourth-order valence-corrected chi connectivity index (χ4v) is 1.94. The fourth-order valence-electron chi connectivity index (χ4n) is 1.94. The van der Waals surface area contributed by atoms with Crippen LogP contribution in [0.1, 0.15) is 22.3 Å². The molecule has 1 heterocycles. The van der Waals surface area contributed by atoms with Crippen LogP contribution in [0.5, 0.6) is 5.75 Å². The highest BCUT2D eigenvalue weighted by molar-refractivity contribution is 5.94. The predicted molar refractivity (Wildman–Crippen MR) is 76.9 cm³/mol. The summed E-state index contributed by atoms with van der Waals surface area (Å²) in [6.07, 6.45) is 4.50. The lowest BCUT2D eigenvalue weighted by atomic mass is 10.1. The number of aryl methyl sites for hydroxylation is 2. The van der Waals surface area contributed by atoms with Crippen LogP contribution in [-0.4, -0.2) is 29.3 Å². The van der Waals surface area contributed by atoms with Crippen LogP contribution in [0.15, 0.2) is 36.7 Å². The van der Waals surface area contributed by atoms with Crippen LogP contribution in [0.2, 0.25) is 0 Å². The Morgan fingerprint density at radius 3 is 3.00 bits per heavy atom. The second-order valence-electron chi connectivity index (χ2n) is 4.56. The minimum Gasteiger partial charge on any atom is -0.496 e. The highest BCUT2D eigenvalue weighted by atomic mass is 16.5. The van der Waals surface area contributed by atoms with Gasteiger partial charge in [-0.2, -0.15) is 5.10 Å².